The molecule has 0 amide bonds. The first-order valence-corrected chi connectivity index (χ1v) is 6.88. The zero-order valence-corrected chi connectivity index (χ0v) is 10.7. The summed E-state index contributed by atoms with van der Waals surface area (Å²) in [5.74, 6) is 1.22. The lowest BCUT2D eigenvalue weighted by molar-refractivity contribution is -0.129. The number of ketones is 1. The first-order valence-electron chi connectivity index (χ1n) is 6.88. The standard InChI is InChI=1S/C15H24O/c1-3-10-15(11-4-5-14(15)16)13-8-6-12(2)7-9-13/h6,13H,3-5,7-11H2,1-2H3. The summed E-state index contributed by atoms with van der Waals surface area (Å²) >= 11 is 0. The Hall–Kier alpha value is -0.590. The lowest BCUT2D eigenvalue weighted by Crippen LogP contribution is -2.35. The van der Waals surface area contributed by atoms with Crippen LogP contribution in [-0.4, -0.2) is 5.78 Å². The third kappa shape index (κ3) is 1.97. The molecule has 0 radical (unpaired) electrons. The van der Waals surface area contributed by atoms with Crippen molar-refractivity contribution < 1.29 is 4.79 Å². The molecule has 2 atom stereocenters. The molecule has 0 aromatic carbocycles. The zero-order chi connectivity index (χ0) is 11.6. The number of Topliss-reactive ketones (excluding diaryl/α,β-unsaturated/α-hetero) is 1. The summed E-state index contributed by atoms with van der Waals surface area (Å²) in [5, 5.41) is 0. The highest BCUT2D eigenvalue weighted by Crippen LogP contribution is 2.49. The van der Waals surface area contributed by atoms with Crippen molar-refractivity contribution in [2.75, 3.05) is 0 Å². The van der Waals surface area contributed by atoms with Crippen LogP contribution in [0.25, 0.3) is 0 Å². The van der Waals surface area contributed by atoms with Crippen LogP contribution in [0.15, 0.2) is 11.6 Å². The Balaban J connectivity index is 2.16. The second-order valence-electron chi connectivity index (χ2n) is 5.70. The molecule has 1 heteroatoms. The Bertz CT molecular complexity index is 303. The molecule has 1 saturated carbocycles. The fourth-order valence-electron chi connectivity index (χ4n) is 3.77. The first kappa shape index (κ1) is 11.9. The Labute approximate surface area is 99.3 Å². The van der Waals surface area contributed by atoms with Gasteiger partial charge >= 0.3 is 0 Å². The minimum atomic E-state index is 0.0753. The molecule has 0 N–H and O–H groups in total. The fraction of sp³-hybridized carbons (Fsp3) is 0.800. The van der Waals surface area contributed by atoms with Crippen LogP contribution in [0, 0.1) is 11.3 Å². The molecule has 0 saturated heterocycles. The number of carbonyl (C=O) groups excluding carboxylic acids is 1. The van der Waals surface area contributed by atoms with E-state index in [0.29, 0.717) is 11.7 Å². The van der Waals surface area contributed by atoms with Gasteiger partial charge in [0.25, 0.3) is 0 Å². The van der Waals surface area contributed by atoms with E-state index in [4.69, 9.17) is 0 Å². The Kier molecular flexibility index (Phi) is 3.51. The number of allylic oxidation sites excluding steroid dienone is 2. The van der Waals surface area contributed by atoms with E-state index in [0.717, 1.165) is 38.5 Å². The second-order valence-corrected chi connectivity index (χ2v) is 5.70. The third-order valence-corrected chi connectivity index (χ3v) is 4.70. The number of hydrogen-bond acceptors (Lipinski definition) is 1. The SMILES string of the molecule is CCCC1(C2CC=C(C)CC2)CCCC1=O. The van der Waals surface area contributed by atoms with Crippen LogP contribution in [0.2, 0.25) is 0 Å². The van der Waals surface area contributed by atoms with Crippen LogP contribution in [0.4, 0.5) is 0 Å². The van der Waals surface area contributed by atoms with Crippen molar-refractivity contribution in [1.82, 2.24) is 0 Å². The number of hydrogen-bond donors (Lipinski definition) is 0. The monoisotopic (exact) mass is 220 g/mol. The average molecular weight is 220 g/mol. The van der Waals surface area contributed by atoms with Crippen molar-refractivity contribution in [2.24, 2.45) is 11.3 Å². The molecule has 0 bridgehead atoms. The van der Waals surface area contributed by atoms with Crippen LogP contribution >= 0.6 is 0 Å². The van der Waals surface area contributed by atoms with E-state index in [1.165, 1.54) is 18.4 Å². The largest absolute Gasteiger partial charge is 0.299 e. The predicted molar refractivity (Wildman–Crippen MR) is 67.3 cm³/mol. The minimum Gasteiger partial charge on any atom is -0.299 e. The van der Waals surface area contributed by atoms with Gasteiger partial charge in [0.1, 0.15) is 5.78 Å². The van der Waals surface area contributed by atoms with Gasteiger partial charge in [-0.1, -0.05) is 25.0 Å². The summed E-state index contributed by atoms with van der Waals surface area (Å²) in [6.07, 6.45) is 11.4. The van der Waals surface area contributed by atoms with E-state index in [2.05, 4.69) is 19.9 Å². The molecule has 2 unspecified atom stereocenters. The molecule has 0 heterocycles. The van der Waals surface area contributed by atoms with Crippen LogP contribution in [0.3, 0.4) is 0 Å². The molecule has 0 aromatic rings. The summed E-state index contributed by atoms with van der Waals surface area (Å²) in [6.45, 7) is 4.44. The van der Waals surface area contributed by atoms with Crippen molar-refractivity contribution in [3.05, 3.63) is 11.6 Å². The fourth-order valence-corrected chi connectivity index (χ4v) is 3.77. The van der Waals surface area contributed by atoms with Crippen LogP contribution in [0.5, 0.6) is 0 Å². The van der Waals surface area contributed by atoms with Crippen molar-refractivity contribution in [3.8, 4) is 0 Å². The van der Waals surface area contributed by atoms with E-state index in [1.807, 2.05) is 0 Å². The minimum absolute atomic E-state index is 0.0753. The van der Waals surface area contributed by atoms with Gasteiger partial charge in [-0.15, -0.1) is 0 Å². The van der Waals surface area contributed by atoms with Crippen LogP contribution in [0.1, 0.15) is 65.2 Å². The van der Waals surface area contributed by atoms with Gasteiger partial charge in [0, 0.05) is 11.8 Å². The summed E-state index contributed by atoms with van der Waals surface area (Å²) in [6, 6.07) is 0. The maximum Gasteiger partial charge on any atom is 0.139 e. The zero-order valence-electron chi connectivity index (χ0n) is 10.7. The summed E-state index contributed by atoms with van der Waals surface area (Å²) in [5.41, 5.74) is 1.60. The summed E-state index contributed by atoms with van der Waals surface area (Å²) < 4.78 is 0. The maximum atomic E-state index is 12.2. The van der Waals surface area contributed by atoms with E-state index in [1.54, 1.807) is 0 Å². The van der Waals surface area contributed by atoms with Gasteiger partial charge in [-0.25, -0.2) is 0 Å². The van der Waals surface area contributed by atoms with Gasteiger partial charge in [0.2, 0.25) is 0 Å². The normalized spacial score (nSPS) is 35.2. The molecule has 16 heavy (non-hydrogen) atoms. The van der Waals surface area contributed by atoms with E-state index < -0.39 is 0 Å². The molecule has 2 aliphatic carbocycles. The molecular formula is C15H24O. The van der Waals surface area contributed by atoms with E-state index in [9.17, 15) is 4.79 Å². The van der Waals surface area contributed by atoms with Crippen molar-refractivity contribution in [1.29, 1.82) is 0 Å². The molecule has 0 aliphatic heterocycles. The number of rotatable bonds is 3. The van der Waals surface area contributed by atoms with Gasteiger partial charge in [-0.05, 0) is 51.4 Å². The van der Waals surface area contributed by atoms with E-state index >= 15 is 0 Å². The highest BCUT2D eigenvalue weighted by molar-refractivity contribution is 5.87. The predicted octanol–water partition coefficient (Wildman–Crippen LogP) is 4.27. The smallest absolute Gasteiger partial charge is 0.139 e. The van der Waals surface area contributed by atoms with Gasteiger partial charge in [0.15, 0.2) is 0 Å². The summed E-state index contributed by atoms with van der Waals surface area (Å²) in [7, 11) is 0. The maximum absolute atomic E-state index is 12.2. The molecule has 1 nitrogen and oxygen atoms in total. The van der Waals surface area contributed by atoms with Gasteiger partial charge < -0.3 is 0 Å². The lowest BCUT2D eigenvalue weighted by atomic mass is 9.65. The number of carbonyl (C=O) groups is 1. The second kappa shape index (κ2) is 4.73. The quantitative estimate of drug-likeness (QED) is 0.649. The first-order chi connectivity index (χ1) is 7.69. The van der Waals surface area contributed by atoms with Gasteiger partial charge in [-0.3, -0.25) is 4.79 Å². The highest BCUT2D eigenvalue weighted by Gasteiger charge is 2.46. The molecule has 2 rings (SSSR count). The average Bonchev–Trinajstić information content (AvgIpc) is 2.63. The molecule has 90 valence electrons. The Morgan fingerprint density at radius 3 is 2.75 bits per heavy atom. The highest BCUT2D eigenvalue weighted by atomic mass is 16.1. The van der Waals surface area contributed by atoms with Crippen molar-refractivity contribution in [2.45, 2.75) is 65.2 Å². The third-order valence-electron chi connectivity index (χ3n) is 4.70. The lowest BCUT2D eigenvalue weighted by Gasteiger charge is -2.38. The summed E-state index contributed by atoms with van der Waals surface area (Å²) in [4.78, 5) is 12.2. The molecule has 2 aliphatic rings. The van der Waals surface area contributed by atoms with Crippen LogP contribution < -0.4 is 0 Å². The molecule has 0 aromatic heterocycles. The van der Waals surface area contributed by atoms with Gasteiger partial charge in [0.05, 0.1) is 0 Å². The Morgan fingerprint density at radius 1 is 1.44 bits per heavy atom. The van der Waals surface area contributed by atoms with Crippen molar-refractivity contribution >= 4 is 5.78 Å². The van der Waals surface area contributed by atoms with Crippen LogP contribution in [-0.2, 0) is 4.79 Å². The molecule has 0 spiro atoms. The van der Waals surface area contributed by atoms with E-state index in [-0.39, 0.29) is 5.41 Å². The van der Waals surface area contributed by atoms with Gasteiger partial charge in [-0.2, -0.15) is 0 Å². The topological polar surface area (TPSA) is 17.1 Å². The Morgan fingerprint density at radius 2 is 2.25 bits per heavy atom. The molecule has 1 fully saturated rings. The van der Waals surface area contributed by atoms with Crippen molar-refractivity contribution in [3.63, 3.8) is 0 Å². The molecular weight excluding hydrogens is 196 g/mol.